The van der Waals surface area contributed by atoms with Gasteiger partial charge in [0.25, 0.3) is 0 Å². The van der Waals surface area contributed by atoms with E-state index in [2.05, 4.69) is 36.7 Å². The molecule has 1 aromatic rings. The Balaban J connectivity index is 1.97. The number of hydrogen-bond acceptors (Lipinski definition) is 5. The van der Waals surface area contributed by atoms with Gasteiger partial charge in [-0.3, -0.25) is 4.79 Å². The predicted molar refractivity (Wildman–Crippen MR) is 111 cm³/mol. The molecule has 1 aliphatic heterocycles. The molecule has 5 nitrogen and oxygen atoms in total. The van der Waals surface area contributed by atoms with Gasteiger partial charge in [0.15, 0.2) is 5.60 Å². The number of aliphatic hydroxyl groups excluding tert-OH is 1. The summed E-state index contributed by atoms with van der Waals surface area (Å²) in [4.78, 5) is 24.4. The number of hydrogen-bond donors (Lipinski definition) is 1. The first kappa shape index (κ1) is 22.6. The van der Waals surface area contributed by atoms with Crippen molar-refractivity contribution in [2.75, 3.05) is 13.2 Å². The van der Waals surface area contributed by atoms with Crippen molar-refractivity contribution in [2.45, 2.75) is 52.6 Å². The topological polar surface area (TPSA) is 72.8 Å². The van der Waals surface area contributed by atoms with E-state index in [-0.39, 0.29) is 30.3 Å². The molecule has 2 unspecified atom stereocenters. The number of benzene rings is 1. The molecule has 1 heterocycles. The Morgan fingerprint density at radius 1 is 1.36 bits per heavy atom. The second kappa shape index (κ2) is 9.23. The Kier molecular flexibility index (Phi) is 7.46. The molecule has 0 radical (unpaired) electrons. The van der Waals surface area contributed by atoms with Gasteiger partial charge in [0.2, 0.25) is 0 Å². The van der Waals surface area contributed by atoms with Crippen LogP contribution in [0.4, 0.5) is 0 Å². The molecule has 1 aromatic carbocycles. The maximum absolute atomic E-state index is 12.2. The zero-order valence-corrected chi connectivity index (χ0v) is 18.5. The van der Waals surface area contributed by atoms with Crippen LogP contribution in [0.2, 0.25) is 0 Å². The molecule has 1 fully saturated rings. The molecule has 28 heavy (non-hydrogen) atoms. The molecule has 154 valence electrons. The Labute approximate surface area is 175 Å². The number of carbonyl (C=O) groups is 2. The van der Waals surface area contributed by atoms with Crippen molar-refractivity contribution in [1.29, 1.82) is 0 Å². The lowest BCUT2D eigenvalue weighted by Gasteiger charge is -2.25. The number of cyclic esters (lactones) is 1. The van der Waals surface area contributed by atoms with Gasteiger partial charge >= 0.3 is 11.9 Å². The van der Waals surface area contributed by atoms with Crippen molar-refractivity contribution < 1.29 is 24.2 Å². The van der Waals surface area contributed by atoms with Gasteiger partial charge in [0.05, 0.1) is 6.61 Å². The van der Waals surface area contributed by atoms with Crippen molar-refractivity contribution >= 4 is 33.9 Å². The zero-order valence-electron chi connectivity index (χ0n) is 17.0. The second-order valence-corrected chi connectivity index (χ2v) is 9.78. The van der Waals surface area contributed by atoms with Gasteiger partial charge < -0.3 is 14.6 Å². The van der Waals surface area contributed by atoms with Crippen LogP contribution in [0.5, 0.6) is 0 Å². The van der Waals surface area contributed by atoms with E-state index >= 15 is 0 Å². The molecule has 6 heteroatoms. The summed E-state index contributed by atoms with van der Waals surface area (Å²) in [5.41, 5.74) is 0.242. The van der Waals surface area contributed by atoms with Gasteiger partial charge in [-0.25, -0.2) is 4.79 Å². The molecule has 0 saturated carbocycles. The molecule has 0 aromatic heterocycles. The van der Waals surface area contributed by atoms with Crippen LogP contribution in [-0.4, -0.2) is 35.9 Å². The number of halogens is 1. The quantitative estimate of drug-likeness (QED) is 0.486. The van der Waals surface area contributed by atoms with Crippen LogP contribution in [0, 0.1) is 11.3 Å². The number of esters is 2. The van der Waals surface area contributed by atoms with Crippen LogP contribution < -0.4 is 0 Å². The van der Waals surface area contributed by atoms with E-state index in [0.717, 1.165) is 16.5 Å². The van der Waals surface area contributed by atoms with E-state index in [1.807, 2.05) is 31.2 Å². The van der Waals surface area contributed by atoms with Crippen molar-refractivity contribution in [3.05, 3.63) is 39.9 Å². The number of carbonyl (C=O) groups excluding carboxylic acids is 2. The highest BCUT2D eigenvalue weighted by Crippen LogP contribution is 2.33. The summed E-state index contributed by atoms with van der Waals surface area (Å²) in [7, 11) is 0. The molecular weight excluding hydrogens is 424 g/mol. The Bertz CT molecular complexity index is 732. The van der Waals surface area contributed by atoms with Crippen LogP contribution >= 0.6 is 15.9 Å². The Hall–Kier alpha value is -1.66. The molecule has 0 aliphatic carbocycles. The lowest BCUT2D eigenvalue weighted by Crippen LogP contribution is -2.39. The fourth-order valence-corrected chi connectivity index (χ4v) is 3.74. The first-order chi connectivity index (χ1) is 13.0. The van der Waals surface area contributed by atoms with E-state index in [1.165, 1.54) is 0 Å². The van der Waals surface area contributed by atoms with Crippen LogP contribution in [0.3, 0.4) is 0 Å². The molecule has 1 aliphatic rings. The minimum atomic E-state index is -1.21. The molecule has 1 N–H and O–H groups in total. The van der Waals surface area contributed by atoms with Gasteiger partial charge in [-0.1, -0.05) is 55.8 Å². The summed E-state index contributed by atoms with van der Waals surface area (Å²) in [6.07, 6.45) is 3.14. The lowest BCUT2D eigenvalue weighted by atomic mass is 9.84. The minimum absolute atomic E-state index is 0.139. The van der Waals surface area contributed by atoms with E-state index in [9.17, 15) is 14.7 Å². The van der Waals surface area contributed by atoms with Crippen molar-refractivity contribution in [1.82, 2.24) is 0 Å². The second-order valence-electron chi connectivity index (χ2n) is 8.86. The normalized spacial score (nSPS) is 22.2. The molecule has 0 spiro atoms. The maximum atomic E-state index is 12.2. The van der Waals surface area contributed by atoms with Gasteiger partial charge in [-0.05, 0) is 41.5 Å². The van der Waals surface area contributed by atoms with Gasteiger partial charge in [0.1, 0.15) is 6.61 Å². The standard InChI is InChI=1S/C22H29BrO5/c1-15(11-21(2,3)4)9-19(25)27-14-22(13-24)12-17(20(26)28-22)10-16-5-7-18(23)8-6-16/h5-8,10,15,24H,9,11-14H2,1-4H3/b17-10+. The molecule has 2 atom stereocenters. The predicted octanol–water partition coefficient (Wildman–Crippen LogP) is 4.52. The van der Waals surface area contributed by atoms with Crippen LogP contribution in [0.25, 0.3) is 6.08 Å². The molecule has 1 saturated heterocycles. The Morgan fingerprint density at radius 2 is 2.00 bits per heavy atom. The van der Waals surface area contributed by atoms with Crippen molar-refractivity contribution in [2.24, 2.45) is 11.3 Å². The summed E-state index contributed by atoms with van der Waals surface area (Å²) in [5, 5.41) is 9.80. The number of rotatable bonds is 7. The van der Waals surface area contributed by atoms with E-state index in [0.29, 0.717) is 12.0 Å². The van der Waals surface area contributed by atoms with Crippen LogP contribution in [0.1, 0.15) is 52.5 Å². The smallest absolute Gasteiger partial charge is 0.334 e. The highest BCUT2D eigenvalue weighted by molar-refractivity contribution is 9.10. The number of ether oxygens (including phenoxy) is 2. The summed E-state index contributed by atoms with van der Waals surface area (Å²) >= 11 is 3.37. The average Bonchev–Trinajstić information content (AvgIpc) is 2.90. The third-order valence-electron chi connectivity index (χ3n) is 4.56. The summed E-state index contributed by atoms with van der Waals surface area (Å²) < 4.78 is 11.7. The third kappa shape index (κ3) is 6.74. The summed E-state index contributed by atoms with van der Waals surface area (Å²) in [6, 6.07) is 7.51. The fourth-order valence-electron chi connectivity index (χ4n) is 3.48. The summed E-state index contributed by atoms with van der Waals surface area (Å²) in [6.45, 7) is 7.87. The van der Waals surface area contributed by atoms with Gasteiger partial charge in [0, 0.05) is 22.9 Å². The lowest BCUT2D eigenvalue weighted by molar-refractivity contribution is -0.166. The van der Waals surface area contributed by atoms with Crippen LogP contribution in [-0.2, 0) is 19.1 Å². The first-order valence-electron chi connectivity index (χ1n) is 9.48. The minimum Gasteiger partial charge on any atom is -0.461 e. The first-order valence-corrected chi connectivity index (χ1v) is 10.3. The Morgan fingerprint density at radius 3 is 2.57 bits per heavy atom. The SMILES string of the molecule is CC(CC(=O)OCC1(CO)C/C(=C\c2ccc(Br)cc2)C(=O)O1)CC(C)(C)C. The fraction of sp³-hybridized carbons (Fsp3) is 0.545. The van der Waals surface area contributed by atoms with E-state index in [1.54, 1.807) is 6.08 Å². The largest absolute Gasteiger partial charge is 0.461 e. The van der Waals surface area contributed by atoms with Crippen LogP contribution in [0.15, 0.2) is 34.3 Å². The molecule has 2 rings (SSSR count). The maximum Gasteiger partial charge on any atom is 0.334 e. The molecule has 0 amide bonds. The van der Waals surface area contributed by atoms with Crippen molar-refractivity contribution in [3.63, 3.8) is 0 Å². The highest BCUT2D eigenvalue weighted by Gasteiger charge is 2.44. The molecular formula is C22H29BrO5. The van der Waals surface area contributed by atoms with Gasteiger partial charge in [-0.2, -0.15) is 0 Å². The summed E-state index contributed by atoms with van der Waals surface area (Å²) in [5.74, 6) is -0.642. The highest BCUT2D eigenvalue weighted by atomic mass is 79.9. The van der Waals surface area contributed by atoms with Crippen molar-refractivity contribution in [3.8, 4) is 0 Å². The zero-order chi connectivity index (χ0) is 20.9. The van der Waals surface area contributed by atoms with E-state index < -0.39 is 18.2 Å². The van der Waals surface area contributed by atoms with E-state index in [4.69, 9.17) is 9.47 Å². The third-order valence-corrected chi connectivity index (χ3v) is 5.08. The van der Waals surface area contributed by atoms with Gasteiger partial charge in [-0.15, -0.1) is 0 Å². The molecule has 0 bridgehead atoms. The monoisotopic (exact) mass is 452 g/mol. The number of aliphatic hydroxyl groups is 1. The average molecular weight is 453 g/mol.